The molecule has 5 fully saturated rings. The minimum absolute atomic E-state index is 0.0423. The lowest BCUT2D eigenvalue weighted by Crippen LogP contribution is -2.74. The summed E-state index contributed by atoms with van der Waals surface area (Å²) < 4.78 is 29.1. The topological polar surface area (TPSA) is 83.5 Å². The van der Waals surface area contributed by atoms with Gasteiger partial charge < -0.3 is 28.8 Å². The maximum absolute atomic E-state index is 12.0. The lowest BCUT2D eigenvalue weighted by atomic mass is 9.66. The van der Waals surface area contributed by atoms with Crippen LogP contribution in [0.1, 0.15) is 26.7 Å². The molecule has 5 aliphatic heterocycles. The second kappa shape index (κ2) is 3.60. The van der Waals surface area contributed by atoms with Crippen molar-refractivity contribution in [2.24, 2.45) is 0 Å². The number of carbonyl (C=O) groups is 1. The first-order valence-corrected chi connectivity index (χ1v) is 7.18. The second-order valence-corrected chi connectivity index (χ2v) is 6.58. The van der Waals surface area contributed by atoms with Crippen molar-refractivity contribution in [3.63, 3.8) is 0 Å². The summed E-state index contributed by atoms with van der Waals surface area (Å²) in [5, 5.41) is 10.8. The van der Waals surface area contributed by atoms with E-state index in [9.17, 15) is 9.90 Å². The van der Waals surface area contributed by atoms with Crippen molar-refractivity contribution < 1.29 is 33.6 Å². The lowest BCUT2D eigenvalue weighted by molar-refractivity contribution is -0.362. The van der Waals surface area contributed by atoms with Crippen LogP contribution >= 0.6 is 0 Å². The number of ether oxygens (including phenoxy) is 5. The number of aliphatic hydroxyl groups excluding tert-OH is 1. The zero-order valence-corrected chi connectivity index (χ0v) is 12.5. The largest absolute Gasteiger partial charge is 0.459 e. The molecule has 0 unspecified atom stereocenters. The van der Waals surface area contributed by atoms with Gasteiger partial charge in [0.2, 0.25) is 5.79 Å². The Labute approximate surface area is 122 Å². The monoisotopic (exact) mass is 300 g/mol. The van der Waals surface area contributed by atoms with Crippen LogP contribution in [-0.2, 0) is 28.5 Å². The minimum atomic E-state index is -1.14. The Morgan fingerprint density at radius 1 is 1.33 bits per heavy atom. The molecule has 0 aromatic rings. The molecule has 5 heterocycles. The van der Waals surface area contributed by atoms with Gasteiger partial charge in [0, 0.05) is 20.6 Å². The van der Waals surface area contributed by atoms with Crippen molar-refractivity contribution in [3.05, 3.63) is 0 Å². The molecule has 7 heteroatoms. The van der Waals surface area contributed by atoms with Gasteiger partial charge in [-0.3, -0.25) is 4.79 Å². The van der Waals surface area contributed by atoms with Gasteiger partial charge in [-0.05, 0) is 13.8 Å². The molecule has 1 N–H and O–H groups in total. The second-order valence-electron chi connectivity index (χ2n) is 6.58. The average molecular weight is 300 g/mol. The lowest BCUT2D eigenvalue weighted by Gasteiger charge is -2.54. The Balaban J connectivity index is 1.97. The fourth-order valence-corrected chi connectivity index (χ4v) is 5.16. The SMILES string of the molecule is CO[C@]12C[C@@H]3O[C@](C)([C@H]1O)[C@@]1(O2)[C@H](C)OC(=O)C[C@@]31OC. The minimum Gasteiger partial charge on any atom is -0.459 e. The first kappa shape index (κ1) is 13.9. The summed E-state index contributed by atoms with van der Waals surface area (Å²) in [6.07, 6.45) is -1.63. The summed E-state index contributed by atoms with van der Waals surface area (Å²) in [7, 11) is 3.05. The van der Waals surface area contributed by atoms with Crippen LogP contribution < -0.4 is 0 Å². The zero-order chi connectivity index (χ0) is 15.3. The molecule has 4 bridgehead atoms. The molecule has 5 aliphatic rings. The summed E-state index contributed by atoms with van der Waals surface area (Å²) in [5.74, 6) is -1.49. The van der Waals surface area contributed by atoms with Crippen molar-refractivity contribution in [3.8, 4) is 0 Å². The van der Waals surface area contributed by atoms with E-state index in [1.807, 2.05) is 0 Å². The molecule has 0 radical (unpaired) electrons. The van der Waals surface area contributed by atoms with Gasteiger partial charge in [0.1, 0.15) is 23.4 Å². The van der Waals surface area contributed by atoms with E-state index in [4.69, 9.17) is 23.7 Å². The Hall–Kier alpha value is -0.730. The Bertz CT molecular complexity index is 523. The fourth-order valence-electron chi connectivity index (χ4n) is 5.16. The number of cyclic esters (lactones) is 1. The van der Waals surface area contributed by atoms with Crippen molar-refractivity contribution >= 4 is 5.97 Å². The zero-order valence-electron chi connectivity index (χ0n) is 12.5. The molecule has 0 amide bonds. The van der Waals surface area contributed by atoms with Gasteiger partial charge in [0.15, 0.2) is 5.60 Å². The third-order valence-corrected chi connectivity index (χ3v) is 6.01. The standard InChI is InChI=1S/C14H20O7/c1-7-14-11(2)10(16)13(18-4,21-14)5-8(20-11)12(14,17-3)6-9(15)19-7/h7-8,10,16H,5-6H2,1-4H3/t7-,8-,10+,11+,12+,13-,14-/m0/s1. The predicted octanol–water partition coefficient (Wildman–Crippen LogP) is -0.259. The molecular formula is C14H20O7. The van der Waals surface area contributed by atoms with Crippen LogP contribution in [0.3, 0.4) is 0 Å². The van der Waals surface area contributed by atoms with E-state index in [0.29, 0.717) is 6.42 Å². The van der Waals surface area contributed by atoms with E-state index in [1.165, 1.54) is 7.11 Å². The van der Waals surface area contributed by atoms with E-state index in [1.54, 1.807) is 21.0 Å². The highest BCUT2D eigenvalue weighted by atomic mass is 16.8. The molecule has 7 nitrogen and oxygen atoms in total. The molecule has 21 heavy (non-hydrogen) atoms. The van der Waals surface area contributed by atoms with Crippen molar-refractivity contribution in [2.75, 3.05) is 14.2 Å². The highest BCUT2D eigenvalue weighted by Crippen LogP contribution is 2.70. The van der Waals surface area contributed by atoms with E-state index >= 15 is 0 Å². The Morgan fingerprint density at radius 3 is 2.67 bits per heavy atom. The normalized spacial score (nSPS) is 61.0. The number of methoxy groups -OCH3 is 2. The maximum atomic E-state index is 12.0. The average Bonchev–Trinajstić information content (AvgIpc) is 2.68. The van der Waals surface area contributed by atoms with Gasteiger partial charge in [-0.1, -0.05) is 0 Å². The van der Waals surface area contributed by atoms with Crippen molar-refractivity contribution in [1.82, 2.24) is 0 Å². The van der Waals surface area contributed by atoms with Gasteiger partial charge in [-0.25, -0.2) is 0 Å². The maximum Gasteiger partial charge on any atom is 0.309 e. The summed E-state index contributed by atoms with van der Waals surface area (Å²) in [5.41, 5.74) is -3.10. The van der Waals surface area contributed by atoms with Crippen LogP contribution in [0.15, 0.2) is 0 Å². The summed E-state index contributed by atoms with van der Waals surface area (Å²) in [6, 6.07) is 0. The quantitative estimate of drug-likeness (QED) is 0.703. The van der Waals surface area contributed by atoms with Gasteiger partial charge in [-0.15, -0.1) is 0 Å². The molecule has 0 saturated carbocycles. The molecule has 118 valence electrons. The van der Waals surface area contributed by atoms with Crippen LogP contribution in [0.2, 0.25) is 0 Å². The number of carbonyl (C=O) groups excluding carboxylic acids is 1. The highest BCUT2D eigenvalue weighted by molar-refractivity contribution is 5.74. The number of hydrogen-bond donors (Lipinski definition) is 1. The van der Waals surface area contributed by atoms with Crippen molar-refractivity contribution in [1.29, 1.82) is 0 Å². The Morgan fingerprint density at radius 2 is 2.05 bits per heavy atom. The van der Waals surface area contributed by atoms with Crippen LogP contribution in [0.25, 0.3) is 0 Å². The summed E-state index contributed by atoms with van der Waals surface area (Å²) >= 11 is 0. The molecule has 7 atom stereocenters. The molecule has 0 aromatic carbocycles. The molecule has 5 saturated heterocycles. The molecule has 0 aliphatic carbocycles. The van der Waals surface area contributed by atoms with E-state index in [2.05, 4.69) is 0 Å². The first-order valence-electron chi connectivity index (χ1n) is 7.18. The van der Waals surface area contributed by atoms with Crippen LogP contribution in [0.4, 0.5) is 0 Å². The summed E-state index contributed by atoms with van der Waals surface area (Å²) in [6.45, 7) is 3.53. The molecule has 5 rings (SSSR count). The number of aliphatic hydroxyl groups is 1. The van der Waals surface area contributed by atoms with Crippen molar-refractivity contribution in [2.45, 2.75) is 67.6 Å². The Kier molecular flexibility index (Phi) is 2.38. The van der Waals surface area contributed by atoms with E-state index in [-0.39, 0.29) is 18.5 Å². The van der Waals surface area contributed by atoms with Crippen LogP contribution in [-0.4, -0.2) is 66.2 Å². The highest BCUT2D eigenvalue weighted by Gasteiger charge is 2.91. The molecule has 0 aromatic heterocycles. The van der Waals surface area contributed by atoms with E-state index < -0.39 is 34.8 Å². The summed E-state index contributed by atoms with van der Waals surface area (Å²) in [4.78, 5) is 12.0. The smallest absolute Gasteiger partial charge is 0.309 e. The molecular weight excluding hydrogens is 280 g/mol. The number of rotatable bonds is 2. The predicted molar refractivity (Wildman–Crippen MR) is 67.4 cm³/mol. The van der Waals surface area contributed by atoms with Gasteiger partial charge in [0.25, 0.3) is 0 Å². The van der Waals surface area contributed by atoms with Gasteiger partial charge in [0.05, 0.1) is 12.5 Å². The third-order valence-electron chi connectivity index (χ3n) is 6.01. The van der Waals surface area contributed by atoms with Gasteiger partial charge in [-0.2, -0.15) is 0 Å². The van der Waals surface area contributed by atoms with Gasteiger partial charge >= 0.3 is 5.97 Å². The fraction of sp³-hybridized carbons (Fsp3) is 0.929. The third kappa shape index (κ3) is 1.10. The molecule has 1 spiro atoms. The van der Waals surface area contributed by atoms with E-state index in [0.717, 1.165) is 0 Å². The van der Waals surface area contributed by atoms with Crippen LogP contribution in [0.5, 0.6) is 0 Å². The number of hydrogen-bond acceptors (Lipinski definition) is 7. The first-order chi connectivity index (χ1) is 9.82. The number of esters is 1. The van der Waals surface area contributed by atoms with Crippen LogP contribution in [0, 0.1) is 0 Å².